The Bertz CT molecular complexity index is 569. The Morgan fingerprint density at radius 2 is 1.32 bits per heavy atom. The molecule has 0 saturated carbocycles. The van der Waals surface area contributed by atoms with Crippen molar-refractivity contribution in [1.29, 1.82) is 5.26 Å². The van der Waals surface area contributed by atoms with Gasteiger partial charge >= 0.3 is 18.9 Å². The van der Waals surface area contributed by atoms with Gasteiger partial charge in [0.2, 0.25) is 0 Å². The normalized spacial score (nSPS) is 10.1. The van der Waals surface area contributed by atoms with E-state index in [1.807, 2.05) is 0 Å². The molecule has 0 saturated heterocycles. The molecular weight excluding hydrogens is 255 g/mol. The maximum absolute atomic E-state index is 13.8. The Labute approximate surface area is 123 Å². The van der Waals surface area contributed by atoms with Gasteiger partial charge in [0.1, 0.15) is 0 Å². The molecule has 0 aliphatic rings. The van der Waals surface area contributed by atoms with Crippen LogP contribution in [0.3, 0.4) is 0 Å². The number of nitrogens with zero attached hydrogens (tertiary/aromatic N) is 1. The number of hydrogen-bond acceptors (Lipinski definition) is 2. The predicted molar refractivity (Wildman–Crippen MR) is 69.7 cm³/mol. The fourth-order valence-corrected chi connectivity index (χ4v) is 3.80. The van der Waals surface area contributed by atoms with Crippen LogP contribution in [0.25, 0.3) is 0 Å². The van der Waals surface area contributed by atoms with Gasteiger partial charge in [-0.1, -0.05) is 72.6 Å². The van der Waals surface area contributed by atoms with Crippen LogP contribution in [0.2, 0.25) is 0 Å². The van der Waals surface area contributed by atoms with Crippen LogP contribution in [-0.2, 0) is 4.57 Å². The Morgan fingerprint density at radius 1 is 0.947 bits per heavy atom. The molecule has 19 heavy (non-hydrogen) atoms. The summed E-state index contributed by atoms with van der Waals surface area (Å²) in [4.78, 5) is 0. The monoisotopic (exact) mass is 265 g/mol. The van der Waals surface area contributed by atoms with E-state index in [1.54, 1.807) is 60.7 Å². The number of nitriles is 1. The summed E-state index contributed by atoms with van der Waals surface area (Å²) in [5.41, 5.74) is 0. The van der Waals surface area contributed by atoms with Crippen LogP contribution < -0.4 is 29.5 Å². The van der Waals surface area contributed by atoms with E-state index in [0.717, 1.165) is 0 Å². The first-order chi connectivity index (χ1) is 8.69. The van der Waals surface area contributed by atoms with Gasteiger partial charge < -0.3 is 8.96 Å². The van der Waals surface area contributed by atoms with Crippen molar-refractivity contribution in [2.45, 2.75) is 0 Å². The SMILES string of the molecule is N#C[C-](F)P(=O)(c1ccccc1)c1ccccc1.[Li+]. The van der Waals surface area contributed by atoms with Gasteiger partial charge in [-0.25, -0.2) is 5.26 Å². The zero-order chi connectivity index (χ0) is 13.0. The van der Waals surface area contributed by atoms with Crippen LogP contribution in [-0.4, -0.2) is 0 Å². The standard InChI is InChI=1S/C14H10FNOP.Li/c15-14(11-16)18(17,12-7-3-1-4-8-12)13-9-5-2-6-10-13;/h1-10H;/q-1;+1. The number of hydrogen-bond donors (Lipinski definition) is 0. The molecule has 2 aromatic rings. The molecule has 2 nitrogen and oxygen atoms in total. The van der Waals surface area contributed by atoms with Crippen molar-refractivity contribution in [1.82, 2.24) is 0 Å². The van der Waals surface area contributed by atoms with Crippen LogP contribution >= 0.6 is 7.14 Å². The summed E-state index contributed by atoms with van der Waals surface area (Å²) < 4.78 is 26.8. The van der Waals surface area contributed by atoms with Gasteiger partial charge in [0, 0.05) is 0 Å². The Balaban J connectivity index is 0.00000180. The van der Waals surface area contributed by atoms with Crippen molar-refractivity contribution >= 4 is 17.8 Å². The van der Waals surface area contributed by atoms with Gasteiger partial charge in [0.05, 0.1) is 7.14 Å². The summed E-state index contributed by atoms with van der Waals surface area (Å²) in [7, 11) is -3.63. The number of benzene rings is 2. The van der Waals surface area contributed by atoms with Crippen LogP contribution in [0.4, 0.5) is 4.39 Å². The van der Waals surface area contributed by atoms with Crippen LogP contribution in [0, 0.1) is 17.2 Å². The predicted octanol–water partition coefficient (Wildman–Crippen LogP) is -0.0129. The molecule has 0 unspecified atom stereocenters. The Kier molecular flexibility index (Phi) is 5.46. The molecule has 0 N–H and O–H groups in total. The van der Waals surface area contributed by atoms with Crippen LogP contribution in [0.5, 0.6) is 0 Å². The Morgan fingerprint density at radius 3 is 1.63 bits per heavy atom. The minimum Gasteiger partial charge on any atom is -0.409 e. The number of halogens is 1. The van der Waals surface area contributed by atoms with Crippen molar-refractivity contribution in [2.75, 3.05) is 0 Å². The van der Waals surface area contributed by atoms with Crippen molar-refractivity contribution in [3.05, 3.63) is 66.6 Å². The molecule has 0 fully saturated rings. The topological polar surface area (TPSA) is 40.9 Å². The minimum atomic E-state index is -3.63. The second-order valence-corrected chi connectivity index (χ2v) is 6.33. The summed E-state index contributed by atoms with van der Waals surface area (Å²) in [5, 5.41) is 9.42. The third kappa shape index (κ3) is 2.94. The van der Waals surface area contributed by atoms with Gasteiger partial charge in [-0.3, -0.25) is 0 Å². The van der Waals surface area contributed by atoms with E-state index < -0.39 is 13.1 Å². The average Bonchev–Trinajstić information content (AvgIpc) is 2.47. The summed E-state index contributed by atoms with van der Waals surface area (Å²) in [6.07, 6.45) is 0. The van der Waals surface area contributed by atoms with Crippen molar-refractivity contribution in [3.8, 4) is 6.07 Å². The van der Waals surface area contributed by atoms with E-state index in [-0.39, 0.29) is 18.9 Å². The van der Waals surface area contributed by atoms with Gasteiger partial charge in [-0.15, -0.1) is 0 Å². The molecule has 5 heteroatoms. The first-order valence-corrected chi connectivity index (χ1v) is 7.04. The molecule has 2 aromatic carbocycles. The first kappa shape index (κ1) is 15.6. The third-order valence-corrected chi connectivity index (χ3v) is 5.31. The average molecular weight is 265 g/mol. The quantitative estimate of drug-likeness (QED) is 0.445. The summed E-state index contributed by atoms with van der Waals surface area (Å²) >= 11 is 0. The van der Waals surface area contributed by atoms with E-state index in [2.05, 4.69) is 0 Å². The van der Waals surface area contributed by atoms with Gasteiger partial charge in [-0.2, -0.15) is 0 Å². The third-order valence-electron chi connectivity index (χ3n) is 2.61. The van der Waals surface area contributed by atoms with Gasteiger partial charge in [-0.05, 0) is 10.6 Å². The van der Waals surface area contributed by atoms with Crippen LogP contribution in [0.15, 0.2) is 60.7 Å². The van der Waals surface area contributed by atoms with Gasteiger partial charge in [0.25, 0.3) is 0 Å². The molecule has 2 rings (SSSR count). The van der Waals surface area contributed by atoms with Crippen molar-refractivity contribution in [3.63, 3.8) is 0 Å². The van der Waals surface area contributed by atoms with E-state index in [9.17, 15) is 8.96 Å². The molecular formula is C14H10FLiNOP. The second-order valence-electron chi connectivity index (χ2n) is 3.68. The smallest absolute Gasteiger partial charge is 0.409 e. The summed E-state index contributed by atoms with van der Waals surface area (Å²) in [6.45, 7) is 0. The zero-order valence-corrected chi connectivity index (χ0v) is 11.3. The van der Waals surface area contributed by atoms with Gasteiger partial charge in [0.15, 0.2) is 0 Å². The largest absolute Gasteiger partial charge is 1.00 e. The molecule has 0 aliphatic heterocycles. The summed E-state index contributed by atoms with van der Waals surface area (Å²) in [6, 6.07) is 17.9. The molecule has 0 bridgehead atoms. The number of rotatable bonds is 3. The van der Waals surface area contributed by atoms with Crippen LogP contribution in [0.1, 0.15) is 0 Å². The molecule has 0 spiro atoms. The fourth-order valence-electron chi connectivity index (χ4n) is 1.72. The molecule has 0 radical (unpaired) electrons. The van der Waals surface area contributed by atoms with E-state index in [1.165, 1.54) is 6.07 Å². The Hall–Kier alpha value is -1.44. The van der Waals surface area contributed by atoms with E-state index in [0.29, 0.717) is 10.6 Å². The fraction of sp³-hybridized carbons (Fsp3) is 0. The molecule has 0 atom stereocenters. The molecule has 0 heterocycles. The molecule has 0 amide bonds. The van der Waals surface area contributed by atoms with Crippen molar-refractivity contribution < 1.29 is 27.8 Å². The van der Waals surface area contributed by atoms with E-state index in [4.69, 9.17) is 5.26 Å². The second kappa shape index (κ2) is 6.65. The molecule has 0 aliphatic carbocycles. The molecule has 0 aromatic heterocycles. The summed E-state index contributed by atoms with van der Waals surface area (Å²) in [5.74, 6) is -1.14. The zero-order valence-electron chi connectivity index (χ0n) is 10.5. The maximum Gasteiger partial charge on any atom is 1.00 e. The first-order valence-electron chi connectivity index (χ1n) is 5.34. The van der Waals surface area contributed by atoms with E-state index >= 15 is 0 Å². The maximum atomic E-state index is 13.8. The van der Waals surface area contributed by atoms with Crippen molar-refractivity contribution in [2.24, 2.45) is 0 Å². The minimum absolute atomic E-state index is 0. The molecule has 90 valence electrons.